The Balaban J connectivity index is 2.71. The average Bonchev–Trinajstić information content (AvgIpc) is 2.30. The summed E-state index contributed by atoms with van der Waals surface area (Å²) in [6, 6.07) is 2.05. The molecule has 3 nitrogen and oxygen atoms in total. The molecule has 0 aliphatic carbocycles. The third kappa shape index (κ3) is 3.74. The van der Waals surface area contributed by atoms with Gasteiger partial charge in [0.25, 0.3) is 0 Å². The molecule has 1 N–H and O–H groups in total. The van der Waals surface area contributed by atoms with Crippen molar-refractivity contribution in [2.24, 2.45) is 0 Å². The lowest BCUT2D eigenvalue weighted by Crippen LogP contribution is -2.18. The Morgan fingerprint density at radius 2 is 2.12 bits per heavy atom. The average molecular weight is 286 g/mol. The van der Waals surface area contributed by atoms with Gasteiger partial charge in [0, 0.05) is 23.4 Å². The Bertz CT molecular complexity index is 326. The molecule has 0 fully saturated rings. The fraction of sp³-hybridized carbons (Fsp3) is 0.667. The van der Waals surface area contributed by atoms with E-state index in [0.29, 0.717) is 0 Å². The van der Waals surface area contributed by atoms with Gasteiger partial charge in [0.1, 0.15) is 12.1 Å². The van der Waals surface area contributed by atoms with Gasteiger partial charge in [0.05, 0.1) is 5.69 Å². The van der Waals surface area contributed by atoms with Gasteiger partial charge in [-0.05, 0) is 12.8 Å². The number of alkyl halides is 1. The lowest BCUT2D eigenvalue weighted by Gasteiger charge is -2.22. The normalized spacial score (nSPS) is 11.5. The second-order valence-corrected chi connectivity index (χ2v) is 5.29. The number of halogens is 1. The second kappa shape index (κ2) is 6.18. The van der Waals surface area contributed by atoms with Gasteiger partial charge in [0.15, 0.2) is 0 Å². The molecule has 1 rings (SSSR count). The van der Waals surface area contributed by atoms with Crippen LogP contribution in [0.2, 0.25) is 0 Å². The zero-order valence-electron chi connectivity index (χ0n) is 10.3. The van der Waals surface area contributed by atoms with Crippen molar-refractivity contribution < 1.29 is 0 Å². The first-order chi connectivity index (χ1) is 7.60. The van der Waals surface area contributed by atoms with Crippen molar-refractivity contribution in [3.8, 4) is 0 Å². The SMILES string of the molecule is CCC(C)(C)c1cc(NCCCBr)ncn1. The third-order valence-corrected chi connectivity index (χ3v) is 3.42. The van der Waals surface area contributed by atoms with Crippen molar-refractivity contribution >= 4 is 21.7 Å². The van der Waals surface area contributed by atoms with E-state index in [9.17, 15) is 0 Å². The highest BCUT2D eigenvalue weighted by molar-refractivity contribution is 9.09. The van der Waals surface area contributed by atoms with Crippen LogP contribution in [0.3, 0.4) is 0 Å². The Morgan fingerprint density at radius 1 is 1.38 bits per heavy atom. The number of aromatic nitrogens is 2. The number of nitrogens with zero attached hydrogens (tertiary/aromatic N) is 2. The highest BCUT2D eigenvalue weighted by Crippen LogP contribution is 2.25. The van der Waals surface area contributed by atoms with Crippen LogP contribution in [0.1, 0.15) is 39.3 Å². The molecule has 0 saturated carbocycles. The first kappa shape index (κ1) is 13.4. The first-order valence-electron chi connectivity index (χ1n) is 5.72. The van der Waals surface area contributed by atoms with E-state index in [2.05, 4.69) is 58.1 Å². The summed E-state index contributed by atoms with van der Waals surface area (Å²) in [7, 11) is 0. The molecule has 1 aromatic rings. The Labute approximate surface area is 106 Å². The molecular formula is C12H20BrN3. The molecule has 0 atom stereocenters. The number of nitrogens with one attached hydrogen (secondary N) is 1. The van der Waals surface area contributed by atoms with Crippen LogP contribution < -0.4 is 5.32 Å². The molecule has 16 heavy (non-hydrogen) atoms. The maximum atomic E-state index is 4.35. The van der Waals surface area contributed by atoms with Gasteiger partial charge >= 0.3 is 0 Å². The van der Waals surface area contributed by atoms with Crippen LogP contribution in [0.4, 0.5) is 5.82 Å². The molecule has 0 saturated heterocycles. The standard InChI is InChI=1S/C12H20BrN3/c1-4-12(2,3)10-8-11(16-9-15-10)14-7-5-6-13/h8-9H,4-7H2,1-3H3,(H,14,15,16). The lowest BCUT2D eigenvalue weighted by molar-refractivity contribution is 0.489. The molecule has 0 spiro atoms. The second-order valence-electron chi connectivity index (χ2n) is 4.50. The summed E-state index contributed by atoms with van der Waals surface area (Å²) in [5.74, 6) is 0.924. The summed E-state index contributed by atoms with van der Waals surface area (Å²) in [4.78, 5) is 8.57. The minimum atomic E-state index is 0.120. The highest BCUT2D eigenvalue weighted by Gasteiger charge is 2.19. The van der Waals surface area contributed by atoms with Gasteiger partial charge in [-0.2, -0.15) is 0 Å². The fourth-order valence-electron chi connectivity index (χ4n) is 1.29. The van der Waals surface area contributed by atoms with E-state index in [0.717, 1.165) is 36.2 Å². The summed E-state index contributed by atoms with van der Waals surface area (Å²) in [6.45, 7) is 7.53. The fourth-order valence-corrected chi connectivity index (χ4v) is 1.57. The first-order valence-corrected chi connectivity index (χ1v) is 6.84. The van der Waals surface area contributed by atoms with Crippen LogP contribution in [0.15, 0.2) is 12.4 Å². The van der Waals surface area contributed by atoms with Gasteiger partial charge in [-0.3, -0.25) is 0 Å². The van der Waals surface area contributed by atoms with Gasteiger partial charge < -0.3 is 5.32 Å². The minimum absolute atomic E-state index is 0.120. The van der Waals surface area contributed by atoms with E-state index >= 15 is 0 Å². The van der Waals surface area contributed by atoms with Crippen molar-refractivity contribution in [2.75, 3.05) is 17.2 Å². The summed E-state index contributed by atoms with van der Waals surface area (Å²) in [5, 5.41) is 4.31. The molecule has 1 heterocycles. The number of hydrogen-bond acceptors (Lipinski definition) is 3. The molecule has 90 valence electrons. The molecule has 1 aromatic heterocycles. The minimum Gasteiger partial charge on any atom is -0.370 e. The third-order valence-electron chi connectivity index (χ3n) is 2.86. The maximum absolute atomic E-state index is 4.35. The monoisotopic (exact) mass is 285 g/mol. The van der Waals surface area contributed by atoms with E-state index < -0.39 is 0 Å². The smallest absolute Gasteiger partial charge is 0.129 e. The quantitative estimate of drug-likeness (QED) is 0.643. The van der Waals surface area contributed by atoms with Crippen LogP contribution in [0.5, 0.6) is 0 Å². The number of hydrogen-bond donors (Lipinski definition) is 1. The number of anilines is 1. The van der Waals surface area contributed by atoms with E-state index in [-0.39, 0.29) is 5.41 Å². The van der Waals surface area contributed by atoms with Gasteiger partial charge in [-0.25, -0.2) is 9.97 Å². The topological polar surface area (TPSA) is 37.8 Å². The highest BCUT2D eigenvalue weighted by atomic mass is 79.9. The van der Waals surface area contributed by atoms with Crippen molar-refractivity contribution in [1.29, 1.82) is 0 Å². The van der Waals surface area contributed by atoms with Crippen LogP contribution >= 0.6 is 15.9 Å². The maximum Gasteiger partial charge on any atom is 0.129 e. The molecule has 0 radical (unpaired) electrons. The summed E-state index contributed by atoms with van der Waals surface area (Å²) >= 11 is 3.41. The van der Waals surface area contributed by atoms with E-state index in [1.54, 1.807) is 6.33 Å². The van der Waals surface area contributed by atoms with Gasteiger partial charge in [0.2, 0.25) is 0 Å². The molecule has 0 bridgehead atoms. The molecule has 0 amide bonds. The zero-order chi connectivity index (χ0) is 12.0. The van der Waals surface area contributed by atoms with Crippen molar-refractivity contribution in [1.82, 2.24) is 9.97 Å². The predicted molar refractivity (Wildman–Crippen MR) is 72.2 cm³/mol. The molecular weight excluding hydrogens is 266 g/mol. The van der Waals surface area contributed by atoms with Crippen molar-refractivity contribution in [3.05, 3.63) is 18.1 Å². The zero-order valence-corrected chi connectivity index (χ0v) is 11.8. The Morgan fingerprint density at radius 3 is 2.75 bits per heavy atom. The predicted octanol–water partition coefficient (Wildman–Crippen LogP) is 3.36. The van der Waals surface area contributed by atoms with E-state index in [1.165, 1.54) is 0 Å². The van der Waals surface area contributed by atoms with E-state index in [1.807, 2.05) is 0 Å². The summed E-state index contributed by atoms with van der Waals surface area (Å²) < 4.78 is 0. The Kier molecular flexibility index (Phi) is 5.19. The van der Waals surface area contributed by atoms with Crippen LogP contribution in [0.25, 0.3) is 0 Å². The van der Waals surface area contributed by atoms with Crippen LogP contribution in [-0.2, 0) is 5.41 Å². The lowest BCUT2D eigenvalue weighted by atomic mass is 9.86. The van der Waals surface area contributed by atoms with Crippen molar-refractivity contribution in [2.45, 2.75) is 39.0 Å². The van der Waals surface area contributed by atoms with Crippen LogP contribution in [-0.4, -0.2) is 21.8 Å². The molecule has 4 heteroatoms. The molecule has 0 aliphatic rings. The van der Waals surface area contributed by atoms with Crippen molar-refractivity contribution in [3.63, 3.8) is 0 Å². The van der Waals surface area contributed by atoms with E-state index in [4.69, 9.17) is 0 Å². The largest absolute Gasteiger partial charge is 0.370 e. The molecule has 0 unspecified atom stereocenters. The molecule has 0 aromatic carbocycles. The Hall–Kier alpha value is -0.640. The van der Waals surface area contributed by atoms with Crippen LogP contribution in [0, 0.1) is 0 Å². The van der Waals surface area contributed by atoms with Gasteiger partial charge in [-0.1, -0.05) is 36.7 Å². The summed E-state index contributed by atoms with van der Waals surface area (Å²) in [6.07, 6.45) is 3.81. The van der Waals surface area contributed by atoms with Gasteiger partial charge in [-0.15, -0.1) is 0 Å². The number of rotatable bonds is 6. The molecule has 0 aliphatic heterocycles. The summed E-state index contributed by atoms with van der Waals surface area (Å²) in [5.41, 5.74) is 1.22.